The van der Waals surface area contributed by atoms with Gasteiger partial charge in [-0.1, -0.05) is 222 Å². The van der Waals surface area contributed by atoms with Crippen LogP contribution in [-0.4, -0.2) is 0 Å². The van der Waals surface area contributed by atoms with Crippen molar-refractivity contribution in [3.63, 3.8) is 0 Å². The Morgan fingerprint density at radius 1 is 0.244 bits per heavy atom. The van der Waals surface area contributed by atoms with Crippen molar-refractivity contribution in [2.24, 2.45) is 0 Å². The lowest BCUT2D eigenvalue weighted by Gasteiger charge is -2.38. The van der Waals surface area contributed by atoms with Crippen LogP contribution in [0.15, 0.2) is 255 Å². The fraction of sp³-hybridized carbons (Fsp3) is 0.105. The molecule has 0 bridgehead atoms. The lowest BCUT2D eigenvalue weighted by molar-refractivity contribution is 0.865. The topological polar surface area (TPSA) is 6.48 Å². The Labute approximate surface area is 460 Å². The van der Waals surface area contributed by atoms with Gasteiger partial charge in [0.2, 0.25) is 0 Å². The maximum atomic E-state index is 2.49. The molecule has 1 aliphatic rings. The van der Waals surface area contributed by atoms with Gasteiger partial charge >= 0.3 is 0 Å². The summed E-state index contributed by atoms with van der Waals surface area (Å²) in [6.07, 6.45) is 0. The molecule has 376 valence electrons. The predicted molar refractivity (Wildman–Crippen MR) is 335 cm³/mol. The van der Waals surface area contributed by atoms with Crippen molar-refractivity contribution >= 4 is 55.7 Å². The smallest absolute Gasteiger partial charge is 0.0493 e. The van der Waals surface area contributed by atoms with E-state index in [1.54, 1.807) is 0 Å². The predicted octanol–water partition coefficient (Wildman–Crippen LogP) is 22.1. The van der Waals surface area contributed by atoms with Gasteiger partial charge in [-0.25, -0.2) is 0 Å². The second kappa shape index (κ2) is 20.0. The number of hydrogen-bond donors (Lipinski definition) is 0. The summed E-state index contributed by atoms with van der Waals surface area (Å²) >= 11 is 0. The number of hydrogen-bond acceptors (Lipinski definition) is 2. The van der Waals surface area contributed by atoms with Crippen molar-refractivity contribution in [2.75, 3.05) is 9.80 Å². The van der Waals surface area contributed by atoms with Crippen LogP contribution in [0.3, 0.4) is 0 Å². The standard InChI is InChI=1S/C76H62N2/c1-49(2)57-39-37-51(5)67(45-57)77(59-33-21-11-22-34-59)61-41-43-63-65(47-61)71(55-29-17-9-18-30-55)75-73(69(63)53-25-13-7-14-26-53)74-70(54-27-15-8-16-28-54)64-44-42-62(48-66(64)72(76(74)75)56-31-19-10-20-32-56)78(60-35-23-12-24-36-60)68-46-58(50(3)4)40-38-52(68)6/h7-50H,1-6H3. The minimum Gasteiger partial charge on any atom is -0.310 e. The van der Waals surface area contributed by atoms with Crippen LogP contribution in [0.25, 0.3) is 88.3 Å². The van der Waals surface area contributed by atoms with Gasteiger partial charge in [-0.2, -0.15) is 0 Å². The molecule has 0 atom stereocenters. The summed E-state index contributed by atoms with van der Waals surface area (Å²) in [5.74, 6) is 0.757. The summed E-state index contributed by atoms with van der Waals surface area (Å²) < 4.78 is 0. The largest absolute Gasteiger partial charge is 0.310 e. The molecule has 0 N–H and O–H groups in total. The van der Waals surface area contributed by atoms with Crippen molar-refractivity contribution < 1.29 is 0 Å². The fourth-order valence-electron chi connectivity index (χ4n) is 12.2. The number of anilines is 6. The molecule has 12 aromatic carbocycles. The SMILES string of the molecule is Cc1ccc(C(C)C)cc1N(c1ccccc1)c1ccc2c(-c3ccccc3)c3c(c(-c4ccccc4)c2c1)-c1c-3c(-c2ccccc2)c2ccc(N(c3ccccc3)c3cc(C(C)C)ccc3C)cc2c1-c1ccccc1. The number of para-hydroxylation sites is 2. The molecule has 0 amide bonds. The molecule has 0 saturated carbocycles. The first kappa shape index (κ1) is 48.4. The van der Waals surface area contributed by atoms with Crippen LogP contribution < -0.4 is 9.80 Å². The van der Waals surface area contributed by atoms with E-state index in [9.17, 15) is 0 Å². The minimum atomic E-state index is 0.379. The molecule has 12 aromatic rings. The molecular formula is C76H62N2. The highest BCUT2D eigenvalue weighted by atomic mass is 15.1. The first-order chi connectivity index (χ1) is 38.2. The molecule has 2 heteroatoms. The number of fused-ring (bicyclic) bond motifs is 6. The van der Waals surface area contributed by atoms with E-state index in [0.29, 0.717) is 11.8 Å². The molecule has 0 saturated heterocycles. The van der Waals surface area contributed by atoms with E-state index in [-0.39, 0.29) is 0 Å². The molecule has 2 nitrogen and oxygen atoms in total. The third-order valence-electron chi connectivity index (χ3n) is 16.2. The quantitative estimate of drug-likeness (QED) is 0.120. The zero-order valence-corrected chi connectivity index (χ0v) is 45.3. The van der Waals surface area contributed by atoms with Gasteiger partial charge in [0.15, 0.2) is 0 Å². The lowest BCUT2D eigenvalue weighted by atomic mass is 9.65. The molecule has 0 fully saturated rings. The Balaban J connectivity index is 1.19. The van der Waals surface area contributed by atoms with E-state index in [0.717, 1.165) is 22.7 Å². The van der Waals surface area contributed by atoms with Gasteiger partial charge in [0.25, 0.3) is 0 Å². The molecule has 0 radical (unpaired) electrons. The molecule has 78 heavy (non-hydrogen) atoms. The second-order valence-electron chi connectivity index (χ2n) is 21.7. The highest BCUT2D eigenvalue weighted by Crippen LogP contribution is 2.66. The third-order valence-corrected chi connectivity index (χ3v) is 16.2. The van der Waals surface area contributed by atoms with Gasteiger partial charge < -0.3 is 9.80 Å². The van der Waals surface area contributed by atoms with Crippen LogP contribution in [0, 0.1) is 13.8 Å². The number of nitrogens with zero attached hydrogens (tertiary/aromatic N) is 2. The molecule has 0 unspecified atom stereocenters. The van der Waals surface area contributed by atoms with Gasteiger partial charge in [0.1, 0.15) is 0 Å². The highest BCUT2D eigenvalue weighted by molar-refractivity contribution is 6.33. The van der Waals surface area contributed by atoms with Crippen LogP contribution in [0.1, 0.15) is 61.8 Å². The number of benzene rings is 12. The van der Waals surface area contributed by atoms with Crippen molar-refractivity contribution in [1.82, 2.24) is 0 Å². The summed E-state index contributed by atoms with van der Waals surface area (Å²) in [4.78, 5) is 4.94. The monoisotopic (exact) mass is 1000 g/mol. The van der Waals surface area contributed by atoms with Gasteiger partial charge in [-0.15, -0.1) is 0 Å². The Morgan fingerprint density at radius 2 is 0.526 bits per heavy atom. The molecule has 1 aliphatic carbocycles. The summed E-state index contributed by atoms with van der Waals surface area (Å²) in [5, 5.41) is 4.88. The highest BCUT2D eigenvalue weighted by Gasteiger charge is 2.39. The molecule has 0 spiro atoms. The first-order valence-electron chi connectivity index (χ1n) is 27.6. The number of rotatable bonds is 12. The molecule has 0 aliphatic heterocycles. The summed E-state index contributed by atoms with van der Waals surface area (Å²) in [6.45, 7) is 13.6. The maximum absolute atomic E-state index is 2.49. The van der Waals surface area contributed by atoms with Crippen molar-refractivity contribution in [2.45, 2.75) is 53.4 Å². The van der Waals surface area contributed by atoms with Crippen LogP contribution >= 0.6 is 0 Å². The van der Waals surface area contributed by atoms with Gasteiger partial charge in [-0.3, -0.25) is 0 Å². The van der Waals surface area contributed by atoms with Crippen molar-refractivity contribution in [3.8, 4) is 66.8 Å². The Morgan fingerprint density at radius 3 is 0.821 bits per heavy atom. The average molecular weight is 1000 g/mol. The lowest BCUT2D eigenvalue weighted by Crippen LogP contribution is -2.13. The summed E-state index contributed by atoms with van der Waals surface area (Å²) in [6, 6.07) is 94.9. The second-order valence-corrected chi connectivity index (χ2v) is 21.7. The van der Waals surface area contributed by atoms with Crippen LogP contribution in [0.2, 0.25) is 0 Å². The van der Waals surface area contributed by atoms with E-state index in [2.05, 4.69) is 306 Å². The molecule has 13 rings (SSSR count). The summed E-state index contributed by atoms with van der Waals surface area (Å²) in [5.41, 5.74) is 26.9. The van der Waals surface area contributed by atoms with Gasteiger partial charge in [-0.05, 0) is 197 Å². The Kier molecular flexibility index (Phi) is 12.4. The van der Waals surface area contributed by atoms with E-state index in [4.69, 9.17) is 0 Å². The minimum absolute atomic E-state index is 0.379. The van der Waals surface area contributed by atoms with Gasteiger partial charge in [0.05, 0.1) is 0 Å². The zero-order chi connectivity index (χ0) is 53.0. The van der Waals surface area contributed by atoms with Gasteiger partial charge in [0, 0.05) is 34.1 Å². The fourth-order valence-corrected chi connectivity index (χ4v) is 12.2. The molecule has 0 aromatic heterocycles. The molecule has 0 heterocycles. The average Bonchev–Trinajstić information content (AvgIpc) is 2.26. The Hall–Kier alpha value is -9.24. The zero-order valence-electron chi connectivity index (χ0n) is 45.3. The van der Waals surface area contributed by atoms with Crippen LogP contribution in [0.4, 0.5) is 34.1 Å². The van der Waals surface area contributed by atoms with Crippen LogP contribution in [0.5, 0.6) is 0 Å². The van der Waals surface area contributed by atoms with E-state index >= 15 is 0 Å². The summed E-state index contributed by atoms with van der Waals surface area (Å²) in [7, 11) is 0. The van der Waals surface area contributed by atoms with Crippen molar-refractivity contribution in [3.05, 3.63) is 277 Å². The van der Waals surface area contributed by atoms with Crippen molar-refractivity contribution in [1.29, 1.82) is 0 Å². The Bertz CT molecular complexity index is 3910. The first-order valence-corrected chi connectivity index (χ1v) is 27.6. The van der Waals surface area contributed by atoms with E-state index < -0.39 is 0 Å². The maximum Gasteiger partial charge on any atom is 0.0493 e. The molecular weight excluding hydrogens is 941 g/mol. The van der Waals surface area contributed by atoms with E-state index in [1.807, 2.05) is 0 Å². The number of aryl methyl sites for hydroxylation is 2. The normalized spacial score (nSPS) is 11.7. The third kappa shape index (κ3) is 8.28. The van der Waals surface area contributed by atoms with E-state index in [1.165, 1.54) is 122 Å². The van der Waals surface area contributed by atoms with Crippen LogP contribution in [-0.2, 0) is 0 Å².